The summed E-state index contributed by atoms with van der Waals surface area (Å²) in [5.41, 5.74) is 1.34. The molecule has 2 rings (SSSR count). The maximum atomic E-state index is 12.1. The standard InChI is InChI=1S/C16H14N2OS/c1-20-14-9-7-13(8-10-14)16(19)18-15(11-17)12-5-3-2-4-6-12/h2-10,15H,1H3,(H,18,19). The van der Waals surface area contributed by atoms with Crippen LogP contribution < -0.4 is 5.32 Å². The van der Waals surface area contributed by atoms with Crippen LogP contribution in [0.5, 0.6) is 0 Å². The molecule has 20 heavy (non-hydrogen) atoms. The number of amides is 1. The number of rotatable bonds is 4. The van der Waals surface area contributed by atoms with Crippen LogP contribution in [0.4, 0.5) is 0 Å². The smallest absolute Gasteiger partial charge is 0.252 e. The van der Waals surface area contributed by atoms with Crippen LogP contribution >= 0.6 is 11.8 Å². The molecule has 0 saturated carbocycles. The van der Waals surface area contributed by atoms with Crippen molar-refractivity contribution in [2.24, 2.45) is 0 Å². The largest absolute Gasteiger partial charge is 0.333 e. The van der Waals surface area contributed by atoms with Crippen molar-refractivity contribution >= 4 is 17.7 Å². The van der Waals surface area contributed by atoms with Crippen molar-refractivity contribution in [3.8, 4) is 6.07 Å². The predicted molar refractivity (Wildman–Crippen MR) is 80.5 cm³/mol. The highest BCUT2D eigenvalue weighted by molar-refractivity contribution is 7.98. The van der Waals surface area contributed by atoms with Gasteiger partial charge in [-0.05, 0) is 36.1 Å². The van der Waals surface area contributed by atoms with Crippen molar-refractivity contribution in [3.63, 3.8) is 0 Å². The lowest BCUT2D eigenvalue weighted by atomic mass is 10.1. The Bertz CT molecular complexity index is 617. The molecule has 3 nitrogen and oxygen atoms in total. The lowest BCUT2D eigenvalue weighted by Crippen LogP contribution is -2.27. The summed E-state index contributed by atoms with van der Waals surface area (Å²) in [6.07, 6.45) is 1.98. The van der Waals surface area contributed by atoms with E-state index in [9.17, 15) is 10.1 Å². The van der Waals surface area contributed by atoms with Gasteiger partial charge in [0.1, 0.15) is 6.04 Å². The Hall–Kier alpha value is -2.25. The van der Waals surface area contributed by atoms with Crippen molar-refractivity contribution in [3.05, 3.63) is 65.7 Å². The fourth-order valence-corrected chi connectivity index (χ4v) is 2.20. The second kappa shape index (κ2) is 6.78. The molecule has 0 aromatic heterocycles. The van der Waals surface area contributed by atoms with Gasteiger partial charge in [-0.3, -0.25) is 4.79 Å². The lowest BCUT2D eigenvalue weighted by molar-refractivity contribution is 0.0945. The number of nitrogens with zero attached hydrogens (tertiary/aromatic N) is 1. The zero-order chi connectivity index (χ0) is 14.4. The van der Waals surface area contributed by atoms with Gasteiger partial charge in [-0.1, -0.05) is 30.3 Å². The Morgan fingerprint density at radius 3 is 2.35 bits per heavy atom. The van der Waals surface area contributed by atoms with E-state index in [0.29, 0.717) is 5.56 Å². The minimum Gasteiger partial charge on any atom is -0.333 e. The summed E-state index contributed by atoms with van der Waals surface area (Å²) in [6, 6.07) is 18.0. The summed E-state index contributed by atoms with van der Waals surface area (Å²) >= 11 is 1.62. The third kappa shape index (κ3) is 3.40. The van der Waals surface area contributed by atoms with E-state index in [2.05, 4.69) is 11.4 Å². The molecule has 0 aliphatic heterocycles. The van der Waals surface area contributed by atoms with Gasteiger partial charge in [0.15, 0.2) is 0 Å². The molecule has 4 heteroatoms. The van der Waals surface area contributed by atoms with Crippen LogP contribution in [0.2, 0.25) is 0 Å². The Kier molecular flexibility index (Phi) is 4.80. The van der Waals surface area contributed by atoms with E-state index in [4.69, 9.17) is 0 Å². The topological polar surface area (TPSA) is 52.9 Å². The minimum atomic E-state index is -0.635. The van der Waals surface area contributed by atoms with E-state index >= 15 is 0 Å². The first kappa shape index (κ1) is 14.2. The second-order valence-corrected chi connectivity index (χ2v) is 5.05. The van der Waals surface area contributed by atoms with Crippen LogP contribution in [0.1, 0.15) is 22.0 Å². The molecule has 2 aromatic rings. The summed E-state index contributed by atoms with van der Waals surface area (Å²) in [5.74, 6) is -0.243. The minimum absolute atomic E-state index is 0.243. The quantitative estimate of drug-likeness (QED) is 0.874. The number of nitrogens with one attached hydrogen (secondary N) is 1. The average molecular weight is 282 g/mol. The molecule has 0 fully saturated rings. The van der Waals surface area contributed by atoms with E-state index < -0.39 is 6.04 Å². The molecule has 2 aromatic carbocycles. The number of carbonyl (C=O) groups is 1. The Balaban J connectivity index is 2.11. The second-order valence-electron chi connectivity index (χ2n) is 4.17. The first-order chi connectivity index (χ1) is 9.74. The fourth-order valence-electron chi connectivity index (χ4n) is 1.79. The van der Waals surface area contributed by atoms with Gasteiger partial charge in [0.2, 0.25) is 0 Å². The van der Waals surface area contributed by atoms with E-state index in [-0.39, 0.29) is 5.91 Å². The van der Waals surface area contributed by atoms with Gasteiger partial charge >= 0.3 is 0 Å². The highest BCUT2D eigenvalue weighted by Gasteiger charge is 2.14. The summed E-state index contributed by atoms with van der Waals surface area (Å²) < 4.78 is 0. The summed E-state index contributed by atoms with van der Waals surface area (Å²) in [5, 5.41) is 11.9. The van der Waals surface area contributed by atoms with Crippen molar-refractivity contribution in [2.45, 2.75) is 10.9 Å². The average Bonchev–Trinajstić information content (AvgIpc) is 2.53. The zero-order valence-electron chi connectivity index (χ0n) is 11.0. The van der Waals surface area contributed by atoms with Crippen LogP contribution in [-0.2, 0) is 0 Å². The third-order valence-corrected chi connectivity index (χ3v) is 3.63. The number of benzene rings is 2. The normalized spacial score (nSPS) is 11.4. The van der Waals surface area contributed by atoms with E-state index in [1.807, 2.05) is 48.7 Å². The van der Waals surface area contributed by atoms with Crippen molar-refractivity contribution in [1.82, 2.24) is 5.32 Å². The number of hydrogen-bond donors (Lipinski definition) is 1. The number of hydrogen-bond acceptors (Lipinski definition) is 3. The monoisotopic (exact) mass is 282 g/mol. The molecule has 0 heterocycles. The Morgan fingerprint density at radius 2 is 1.80 bits per heavy atom. The molecular weight excluding hydrogens is 268 g/mol. The van der Waals surface area contributed by atoms with Gasteiger partial charge in [-0.15, -0.1) is 11.8 Å². The molecule has 1 atom stereocenters. The van der Waals surface area contributed by atoms with Crippen molar-refractivity contribution in [2.75, 3.05) is 6.26 Å². The van der Waals surface area contributed by atoms with Gasteiger partial charge in [-0.25, -0.2) is 0 Å². The first-order valence-corrected chi connectivity index (χ1v) is 7.36. The Labute approximate surface area is 122 Å². The maximum Gasteiger partial charge on any atom is 0.252 e. The molecule has 1 N–H and O–H groups in total. The molecule has 100 valence electrons. The summed E-state index contributed by atoms with van der Waals surface area (Å²) in [6.45, 7) is 0. The Morgan fingerprint density at radius 1 is 1.15 bits per heavy atom. The SMILES string of the molecule is CSc1ccc(C(=O)NC(C#N)c2ccccc2)cc1. The van der Waals surface area contributed by atoms with Crippen LogP contribution in [0, 0.1) is 11.3 Å². The highest BCUT2D eigenvalue weighted by atomic mass is 32.2. The molecule has 0 radical (unpaired) electrons. The van der Waals surface area contributed by atoms with Crippen LogP contribution in [0.25, 0.3) is 0 Å². The van der Waals surface area contributed by atoms with Crippen molar-refractivity contribution < 1.29 is 4.79 Å². The van der Waals surface area contributed by atoms with Gasteiger partial charge in [-0.2, -0.15) is 5.26 Å². The van der Waals surface area contributed by atoms with E-state index in [1.165, 1.54) is 0 Å². The molecule has 0 saturated heterocycles. The summed E-state index contributed by atoms with van der Waals surface area (Å²) in [7, 11) is 0. The molecule has 0 bridgehead atoms. The first-order valence-electron chi connectivity index (χ1n) is 6.14. The molecule has 0 aliphatic rings. The zero-order valence-corrected chi connectivity index (χ0v) is 11.9. The number of carbonyl (C=O) groups excluding carboxylic acids is 1. The predicted octanol–water partition coefficient (Wildman–Crippen LogP) is 3.40. The van der Waals surface area contributed by atoms with Crippen LogP contribution in [0.3, 0.4) is 0 Å². The molecule has 1 unspecified atom stereocenters. The van der Waals surface area contributed by atoms with E-state index in [0.717, 1.165) is 10.5 Å². The van der Waals surface area contributed by atoms with Gasteiger partial charge in [0, 0.05) is 10.5 Å². The highest BCUT2D eigenvalue weighted by Crippen LogP contribution is 2.16. The van der Waals surface area contributed by atoms with Gasteiger partial charge in [0.05, 0.1) is 6.07 Å². The number of nitriles is 1. The molecule has 0 spiro atoms. The van der Waals surface area contributed by atoms with E-state index in [1.54, 1.807) is 23.9 Å². The molecular formula is C16H14N2OS. The van der Waals surface area contributed by atoms with Crippen molar-refractivity contribution in [1.29, 1.82) is 5.26 Å². The summed E-state index contributed by atoms with van der Waals surface area (Å²) in [4.78, 5) is 13.2. The van der Waals surface area contributed by atoms with Gasteiger partial charge < -0.3 is 5.32 Å². The number of thioether (sulfide) groups is 1. The van der Waals surface area contributed by atoms with Crippen LogP contribution in [0.15, 0.2) is 59.5 Å². The lowest BCUT2D eigenvalue weighted by Gasteiger charge is -2.12. The third-order valence-electron chi connectivity index (χ3n) is 2.89. The molecule has 1 amide bonds. The van der Waals surface area contributed by atoms with Gasteiger partial charge in [0.25, 0.3) is 5.91 Å². The fraction of sp³-hybridized carbons (Fsp3) is 0.125. The maximum absolute atomic E-state index is 12.1. The van der Waals surface area contributed by atoms with Crippen LogP contribution in [-0.4, -0.2) is 12.2 Å². The molecule has 0 aliphatic carbocycles.